The van der Waals surface area contributed by atoms with E-state index in [9.17, 15) is 58.7 Å². The fourth-order valence-electron chi connectivity index (χ4n) is 15.2. The number of nitrogens with one attached hydrogen (secondary N) is 4. The zero-order valence-electron chi connectivity index (χ0n) is 69.5. The fourth-order valence-corrected chi connectivity index (χ4v) is 15.3. The molecule has 12 aromatic rings. The quantitative estimate of drug-likeness (QED) is 0.0615. The van der Waals surface area contributed by atoms with E-state index >= 15 is 0 Å². The van der Waals surface area contributed by atoms with Gasteiger partial charge >= 0.3 is 18.5 Å². The summed E-state index contributed by atoms with van der Waals surface area (Å²) in [5.74, 6) is 2.35. The van der Waals surface area contributed by atoms with Gasteiger partial charge in [0, 0.05) is 111 Å². The van der Waals surface area contributed by atoms with Crippen LogP contribution in [0, 0.1) is 20.8 Å². The average molecular weight is 1760 g/mol. The highest BCUT2D eigenvalue weighted by molar-refractivity contribution is 6.30. The van der Waals surface area contributed by atoms with Crippen molar-refractivity contribution >= 4 is 58.5 Å². The van der Waals surface area contributed by atoms with Crippen LogP contribution < -0.4 is 26.0 Å². The molecule has 126 heavy (non-hydrogen) atoms. The van der Waals surface area contributed by atoms with Crippen molar-refractivity contribution in [3.63, 3.8) is 0 Å². The molecular formula is C84H89ClF9N27O5. The van der Waals surface area contributed by atoms with E-state index in [4.69, 9.17) is 16.3 Å². The number of aromatic nitrogens is 19. The van der Waals surface area contributed by atoms with Gasteiger partial charge in [-0.2, -0.15) is 79.7 Å². The molecule has 4 saturated heterocycles. The number of ether oxygens (including phenoxy) is 1. The number of pyridine rings is 5. The van der Waals surface area contributed by atoms with Gasteiger partial charge in [-0.1, -0.05) is 22.9 Å². The van der Waals surface area contributed by atoms with E-state index in [1.54, 1.807) is 82.0 Å². The number of rotatable bonds is 17. The third kappa shape index (κ3) is 21.8. The minimum Gasteiger partial charge on any atom is -0.497 e. The van der Waals surface area contributed by atoms with E-state index in [2.05, 4.69) is 104 Å². The lowest BCUT2D eigenvalue weighted by molar-refractivity contribution is -0.141. The zero-order chi connectivity index (χ0) is 89.7. The molecule has 10 aromatic heterocycles. The Morgan fingerprint density at radius 1 is 0.413 bits per heavy atom. The van der Waals surface area contributed by atoms with Crippen LogP contribution in [0.3, 0.4) is 0 Å². The van der Waals surface area contributed by atoms with Crippen molar-refractivity contribution in [2.24, 2.45) is 0 Å². The van der Waals surface area contributed by atoms with Crippen LogP contribution in [0.15, 0.2) is 178 Å². The Bertz CT molecular complexity index is 5470. The summed E-state index contributed by atoms with van der Waals surface area (Å²) in [6.07, 6.45) is 10.3. The second-order valence-corrected chi connectivity index (χ2v) is 30.8. The Balaban J connectivity index is 0.000000144. The number of alkyl halides is 9. The molecule has 4 aliphatic rings. The Morgan fingerprint density at radius 3 is 1.19 bits per heavy atom. The summed E-state index contributed by atoms with van der Waals surface area (Å²) in [6, 6.07) is 24.9. The second kappa shape index (κ2) is 39.5. The van der Waals surface area contributed by atoms with Crippen molar-refractivity contribution in [1.29, 1.82) is 0 Å². The Morgan fingerprint density at radius 2 is 0.802 bits per heavy atom. The number of benzene rings is 2. The fraction of sp³-hybridized carbons (Fsp3) is 0.369. The van der Waals surface area contributed by atoms with E-state index < -0.39 is 35.3 Å². The normalized spacial score (nSPS) is 19.0. The smallest absolute Gasteiger partial charge is 0.434 e. The number of likely N-dealkylation sites (tertiary alicyclic amines) is 4. The predicted octanol–water partition coefficient (Wildman–Crippen LogP) is 13.9. The number of piperidine rings is 4. The first-order valence-corrected chi connectivity index (χ1v) is 40.7. The highest BCUT2D eigenvalue weighted by atomic mass is 35.5. The largest absolute Gasteiger partial charge is 0.497 e. The maximum atomic E-state index is 13.5. The van der Waals surface area contributed by atoms with E-state index in [0.717, 1.165) is 105 Å². The molecule has 4 aliphatic heterocycles. The molecule has 0 saturated carbocycles. The average Bonchev–Trinajstić information content (AvgIpc) is 0.897. The Kier molecular flexibility index (Phi) is 28.2. The number of anilines is 4. The molecule has 14 heterocycles. The van der Waals surface area contributed by atoms with Gasteiger partial charge in [-0.25, -0.2) is 39.6 Å². The predicted molar refractivity (Wildman–Crippen MR) is 445 cm³/mol. The molecule has 4 amide bonds. The number of hydrogen-bond donors (Lipinski definition) is 4. The lowest BCUT2D eigenvalue weighted by atomic mass is 9.96. The lowest BCUT2D eigenvalue weighted by Crippen LogP contribution is -2.52. The van der Waals surface area contributed by atoms with Crippen molar-refractivity contribution in [3.05, 3.63) is 239 Å². The zero-order valence-corrected chi connectivity index (χ0v) is 70.2. The highest BCUT2D eigenvalue weighted by Gasteiger charge is 2.40. The number of methoxy groups -OCH3 is 1. The number of carbonyl (C=O) groups excluding carboxylic acids is 4. The molecule has 32 nitrogen and oxygen atoms in total. The van der Waals surface area contributed by atoms with Crippen LogP contribution in [-0.4, -0.2) is 220 Å². The van der Waals surface area contributed by atoms with Crippen molar-refractivity contribution in [2.45, 2.75) is 167 Å². The number of nitrogens with zero attached hydrogens (tertiary/aromatic N) is 23. The SMILES string of the molecule is COc1ccc(C(=O)N2CCC[C@@H](Nc3ccc(C(F)(F)F)cn3)[C@@H]2C)c(-n2nccn2)c1.Cc1ccc(C(=O)N2CCC[C@@H](Nc3ccc(C(F)(F)F)cn3)[C@@H]2C)c(-n2nccn2)n1.Cc1ccc(C(=O)N2CCC[C@@H](Nc3ccc(Cl)cn3)[C@@H]2C)c(-n2nccn2)c1.Cc1ccc(C(=O)N2CCC[C@@H](Nc3cnc(C(F)(F)F)cn3)[C@@H]2C)c(-n2ccnn2)n1. The Hall–Kier alpha value is -13.6. The van der Waals surface area contributed by atoms with Gasteiger partial charge in [-0.3, -0.25) is 19.2 Å². The maximum Gasteiger partial charge on any atom is 0.434 e. The van der Waals surface area contributed by atoms with E-state index in [-0.39, 0.29) is 77.8 Å². The molecule has 0 aliphatic carbocycles. The van der Waals surface area contributed by atoms with Gasteiger partial charge in [0.15, 0.2) is 17.3 Å². The van der Waals surface area contributed by atoms with Crippen LogP contribution in [0.5, 0.6) is 5.75 Å². The molecule has 16 rings (SSSR count). The van der Waals surface area contributed by atoms with E-state index in [0.29, 0.717) is 100 Å². The van der Waals surface area contributed by atoms with Crippen molar-refractivity contribution in [2.75, 3.05) is 54.6 Å². The number of carbonyl (C=O) groups is 4. The molecule has 0 radical (unpaired) electrons. The van der Waals surface area contributed by atoms with Gasteiger partial charge in [0.05, 0.1) is 113 Å². The molecule has 4 N–H and O–H groups in total. The lowest BCUT2D eigenvalue weighted by Gasteiger charge is -2.40. The van der Waals surface area contributed by atoms with Crippen molar-refractivity contribution < 1.29 is 63.4 Å². The number of aryl methyl sites for hydroxylation is 3. The molecular weight excluding hydrogens is 1670 g/mol. The minimum atomic E-state index is -4.54. The molecule has 660 valence electrons. The third-order valence-corrected chi connectivity index (χ3v) is 22.2. The summed E-state index contributed by atoms with van der Waals surface area (Å²) < 4.78 is 122. The standard InChI is InChI=1S/C22H23F3N6O2.C21H23ClN6O.C21H22F3N7O.C20H21F3N8O/c1-14-18(29-20-8-5-15(13-26-20)22(23,24)25)4-3-11-30(14)21(32)17-7-6-16(33-2)12-19(17)31-27-9-10-28-31;1-14-5-7-17(19(12-14)28-24-9-10-25-28)21(29)27-11-3-4-18(15(27)2)26-20-8-6-16(22)13-23-20;1-13-5-7-16(19(28-13)31-26-9-10-27-31)20(32)30-11-3-4-17(14(30)2)29-18-8-6-15(12-25-18)21(22,23)24;1-12-5-6-14(18(27-12)31-9-7-26-29-31)19(32)30-8-3-4-15(13(30)2)28-17-11-24-16(10-25-17)20(21,22)23/h5-10,12-14,18H,3-4,11H2,1-2H3,(H,26,29);5-10,12-13,15,18H,3-4,11H2,1-2H3,(H,23,26);5-10,12,14,17H,3-4,11H2,1-2H3,(H,25,29);5-7,9-11,13,15H,3-4,8H2,1-2H3,(H,25,28)/t14-,18+;15-,18+;14-,17+;13-,15+/m0000/s1. The van der Waals surface area contributed by atoms with Crippen LogP contribution in [0.25, 0.3) is 23.0 Å². The van der Waals surface area contributed by atoms with Crippen LogP contribution >= 0.6 is 11.6 Å². The van der Waals surface area contributed by atoms with Gasteiger partial charge in [-0.05, 0) is 190 Å². The summed E-state index contributed by atoms with van der Waals surface area (Å²) in [5, 5.41) is 46.2. The van der Waals surface area contributed by atoms with Gasteiger partial charge in [0.1, 0.15) is 34.7 Å². The Labute approximate surface area is 721 Å². The topological polar surface area (TPSA) is 352 Å². The summed E-state index contributed by atoms with van der Waals surface area (Å²) in [5.41, 5.74) is 2.85. The van der Waals surface area contributed by atoms with E-state index in [1.165, 1.54) is 69.3 Å². The van der Waals surface area contributed by atoms with Gasteiger partial charge < -0.3 is 45.6 Å². The molecule has 0 bridgehead atoms. The number of hydrogen-bond acceptors (Lipinski definition) is 24. The van der Waals surface area contributed by atoms with Gasteiger partial charge in [0.2, 0.25) is 0 Å². The minimum absolute atomic E-state index is 0.00783. The first kappa shape index (κ1) is 90.1. The molecule has 8 atom stereocenters. The highest BCUT2D eigenvalue weighted by Crippen LogP contribution is 2.36. The molecule has 4 fully saturated rings. The molecule has 0 spiro atoms. The second-order valence-electron chi connectivity index (χ2n) is 30.4. The van der Waals surface area contributed by atoms with Crippen LogP contribution in [0.2, 0.25) is 5.02 Å². The maximum absolute atomic E-state index is 13.5. The van der Waals surface area contributed by atoms with Crippen molar-refractivity contribution in [3.8, 4) is 28.8 Å². The number of halogens is 10. The van der Waals surface area contributed by atoms with Crippen LogP contribution in [-0.2, 0) is 18.5 Å². The molecule has 42 heteroatoms. The summed E-state index contributed by atoms with van der Waals surface area (Å²) in [7, 11) is 1.54. The van der Waals surface area contributed by atoms with Gasteiger partial charge in [0.25, 0.3) is 23.6 Å². The summed E-state index contributed by atoms with van der Waals surface area (Å²) in [6.45, 7) is 15.8. The monoisotopic (exact) mass is 1760 g/mol. The van der Waals surface area contributed by atoms with Gasteiger partial charge in [-0.15, -0.1) is 9.90 Å². The van der Waals surface area contributed by atoms with Crippen LogP contribution in [0.1, 0.15) is 154 Å². The first-order chi connectivity index (χ1) is 60.3. The number of amides is 4. The summed E-state index contributed by atoms with van der Waals surface area (Å²) >= 11 is 5.93. The van der Waals surface area contributed by atoms with E-state index in [1.807, 2.05) is 76.8 Å². The molecule has 0 unspecified atom stereocenters. The third-order valence-electron chi connectivity index (χ3n) is 22.0. The molecule has 2 aromatic carbocycles. The van der Waals surface area contributed by atoms with Crippen molar-refractivity contribution in [1.82, 2.24) is 114 Å². The first-order valence-electron chi connectivity index (χ1n) is 40.4. The summed E-state index contributed by atoms with van der Waals surface area (Å²) in [4.78, 5) is 93.5. The van der Waals surface area contributed by atoms with Crippen LogP contribution in [0.4, 0.5) is 62.8 Å².